The first-order valence-corrected chi connectivity index (χ1v) is 5.52. The van der Waals surface area contributed by atoms with E-state index in [9.17, 15) is 4.79 Å². The Morgan fingerprint density at radius 2 is 2.12 bits per heavy atom. The van der Waals surface area contributed by atoms with Gasteiger partial charge in [0.25, 0.3) is 0 Å². The Bertz CT molecular complexity index is 340. The summed E-state index contributed by atoms with van der Waals surface area (Å²) in [6.45, 7) is 3.39. The average Bonchev–Trinajstić information content (AvgIpc) is 2.28. The van der Waals surface area contributed by atoms with Crippen molar-refractivity contribution in [1.82, 2.24) is 5.32 Å². The molecule has 0 bridgehead atoms. The smallest absolute Gasteiger partial charge is 0.404 e. The van der Waals surface area contributed by atoms with Crippen LogP contribution < -0.4 is 10.6 Å². The van der Waals surface area contributed by atoms with Crippen LogP contribution in [0, 0.1) is 0 Å². The molecule has 4 nitrogen and oxygen atoms in total. The largest absolute Gasteiger partial charge is 0.465 e. The van der Waals surface area contributed by atoms with Crippen LogP contribution in [-0.4, -0.2) is 17.7 Å². The van der Waals surface area contributed by atoms with Crippen LogP contribution in [0.3, 0.4) is 0 Å². The highest BCUT2D eigenvalue weighted by Crippen LogP contribution is 2.14. The zero-order valence-electron chi connectivity index (χ0n) is 9.49. The second-order valence-corrected chi connectivity index (χ2v) is 3.60. The maximum absolute atomic E-state index is 10.4. The first-order valence-electron chi connectivity index (χ1n) is 5.52. The number of anilines is 1. The zero-order valence-corrected chi connectivity index (χ0v) is 9.49. The molecule has 0 heterocycles. The molecule has 0 aliphatic carbocycles. The van der Waals surface area contributed by atoms with Crippen molar-refractivity contribution in [3.05, 3.63) is 29.8 Å². The molecule has 0 aliphatic rings. The van der Waals surface area contributed by atoms with Crippen LogP contribution in [0.4, 0.5) is 10.5 Å². The molecule has 3 N–H and O–H groups in total. The Labute approximate surface area is 95.7 Å². The third-order valence-corrected chi connectivity index (χ3v) is 2.29. The van der Waals surface area contributed by atoms with Gasteiger partial charge in [0.15, 0.2) is 0 Å². The molecular weight excluding hydrogens is 204 g/mol. The van der Waals surface area contributed by atoms with E-state index in [0.29, 0.717) is 6.54 Å². The summed E-state index contributed by atoms with van der Waals surface area (Å²) in [5.74, 6) is 0. The predicted octanol–water partition coefficient (Wildman–Crippen LogP) is 2.67. The SMILES string of the molecule is CCCCNc1ccccc1CNC(=O)O. The Balaban J connectivity index is 2.56. The van der Waals surface area contributed by atoms with Gasteiger partial charge in [-0.3, -0.25) is 0 Å². The Morgan fingerprint density at radius 3 is 2.81 bits per heavy atom. The van der Waals surface area contributed by atoms with E-state index in [1.54, 1.807) is 0 Å². The summed E-state index contributed by atoms with van der Waals surface area (Å²) < 4.78 is 0. The summed E-state index contributed by atoms with van der Waals surface area (Å²) in [5.41, 5.74) is 1.98. The lowest BCUT2D eigenvalue weighted by molar-refractivity contribution is 0.194. The van der Waals surface area contributed by atoms with E-state index in [-0.39, 0.29) is 0 Å². The second kappa shape index (κ2) is 6.71. The molecule has 0 spiro atoms. The van der Waals surface area contributed by atoms with E-state index in [2.05, 4.69) is 17.6 Å². The molecule has 4 heteroatoms. The monoisotopic (exact) mass is 222 g/mol. The highest BCUT2D eigenvalue weighted by atomic mass is 16.4. The number of amides is 1. The maximum atomic E-state index is 10.4. The summed E-state index contributed by atoms with van der Waals surface area (Å²) in [5, 5.41) is 14.2. The molecule has 0 atom stereocenters. The minimum Gasteiger partial charge on any atom is -0.465 e. The fraction of sp³-hybridized carbons (Fsp3) is 0.417. The zero-order chi connectivity index (χ0) is 11.8. The number of para-hydroxylation sites is 1. The number of hydrogen-bond donors (Lipinski definition) is 3. The minimum absolute atomic E-state index is 0.338. The number of hydrogen-bond acceptors (Lipinski definition) is 2. The van der Waals surface area contributed by atoms with Crippen LogP contribution in [0.15, 0.2) is 24.3 Å². The number of carboxylic acid groups (broad SMARTS) is 1. The van der Waals surface area contributed by atoms with Crippen molar-refractivity contribution in [3.63, 3.8) is 0 Å². The fourth-order valence-corrected chi connectivity index (χ4v) is 1.42. The van der Waals surface area contributed by atoms with Gasteiger partial charge < -0.3 is 15.7 Å². The van der Waals surface area contributed by atoms with Crippen molar-refractivity contribution in [2.24, 2.45) is 0 Å². The number of carbonyl (C=O) groups is 1. The molecule has 0 unspecified atom stereocenters. The van der Waals surface area contributed by atoms with Crippen LogP contribution in [0.25, 0.3) is 0 Å². The highest BCUT2D eigenvalue weighted by Gasteiger charge is 2.02. The van der Waals surface area contributed by atoms with Crippen molar-refractivity contribution in [2.45, 2.75) is 26.3 Å². The van der Waals surface area contributed by atoms with Gasteiger partial charge in [-0.25, -0.2) is 4.79 Å². The summed E-state index contributed by atoms with van der Waals surface area (Å²) >= 11 is 0. The van der Waals surface area contributed by atoms with E-state index in [1.165, 1.54) is 0 Å². The van der Waals surface area contributed by atoms with E-state index in [4.69, 9.17) is 5.11 Å². The van der Waals surface area contributed by atoms with Crippen molar-refractivity contribution >= 4 is 11.8 Å². The minimum atomic E-state index is -0.997. The Kier molecular flexibility index (Phi) is 5.19. The molecule has 1 aromatic rings. The summed E-state index contributed by atoms with van der Waals surface area (Å²) in [6.07, 6.45) is 1.26. The third-order valence-electron chi connectivity index (χ3n) is 2.29. The van der Waals surface area contributed by atoms with Crippen LogP contribution >= 0.6 is 0 Å². The molecule has 0 fully saturated rings. The second-order valence-electron chi connectivity index (χ2n) is 3.60. The molecule has 1 amide bonds. The van der Waals surface area contributed by atoms with Gasteiger partial charge in [0.2, 0.25) is 0 Å². The van der Waals surface area contributed by atoms with E-state index >= 15 is 0 Å². The normalized spacial score (nSPS) is 9.81. The molecule has 0 saturated heterocycles. The Morgan fingerprint density at radius 1 is 1.38 bits per heavy atom. The van der Waals surface area contributed by atoms with Gasteiger partial charge >= 0.3 is 6.09 Å². The van der Waals surface area contributed by atoms with Crippen molar-refractivity contribution in [1.29, 1.82) is 0 Å². The number of rotatable bonds is 6. The van der Waals surface area contributed by atoms with Gasteiger partial charge in [-0.15, -0.1) is 0 Å². The van der Waals surface area contributed by atoms with E-state index < -0.39 is 6.09 Å². The predicted molar refractivity (Wildman–Crippen MR) is 64.7 cm³/mol. The van der Waals surface area contributed by atoms with E-state index in [1.807, 2.05) is 24.3 Å². The van der Waals surface area contributed by atoms with Crippen LogP contribution in [-0.2, 0) is 6.54 Å². The summed E-state index contributed by atoms with van der Waals surface area (Å²) in [6, 6.07) is 7.74. The lowest BCUT2D eigenvalue weighted by Crippen LogP contribution is -2.20. The third kappa shape index (κ3) is 4.21. The lowest BCUT2D eigenvalue weighted by Gasteiger charge is -2.11. The molecule has 1 rings (SSSR count). The van der Waals surface area contributed by atoms with Crippen LogP contribution in [0.1, 0.15) is 25.3 Å². The number of nitrogens with one attached hydrogen (secondary N) is 2. The Hall–Kier alpha value is -1.71. The van der Waals surface area contributed by atoms with Crippen LogP contribution in [0.2, 0.25) is 0 Å². The van der Waals surface area contributed by atoms with Gasteiger partial charge in [-0.05, 0) is 18.1 Å². The highest BCUT2D eigenvalue weighted by molar-refractivity contribution is 5.65. The quantitative estimate of drug-likeness (QED) is 0.648. The standard InChI is InChI=1S/C12H18N2O2/c1-2-3-8-13-11-7-5-4-6-10(11)9-14-12(15)16/h4-7,13-14H,2-3,8-9H2,1H3,(H,15,16). The number of unbranched alkanes of at least 4 members (excludes halogenated alkanes) is 1. The van der Waals surface area contributed by atoms with Gasteiger partial charge in [0, 0.05) is 18.8 Å². The van der Waals surface area contributed by atoms with Gasteiger partial charge in [-0.2, -0.15) is 0 Å². The van der Waals surface area contributed by atoms with Crippen molar-refractivity contribution in [2.75, 3.05) is 11.9 Å². The maximum Gasteiger partial charge on any atom is 0.404 e. The van der Waals surface area contributed by atoms with Gasteiger partial charge in [0.1, 0.15) is 0 Å². The molecule has 0 radical (unpaired) electrons. The molecule has 0 aromatic heterocycles. The average molecular weight is 222 g/mol. The van der Waals surface area contributed by atoms with E-state index in [0.717, 1.165) is 30.6 Å². The molecule has 0 aliphatic heterocycles. The summed E-state index contributed by atoms with van der Waals surface area (Å²) in [7, 11) is 0. The lowest BCUT2D eigenvalue weighted by atomic mass is 10.1. The first kappa shape index (κ1) is 12.4. The number of benzene rings is 1. The topological polar surface area (TPSA) is 61.4 Å². The molecule has 1 aromatic carbocycles. The van der Waals surface area contributed by atoms with Crippen molar-refractivity contribution < 1.29 is 9.90 Å². The van der Waals surface area contributed by atoms with Gasteiger partial charge in [-0.1, -0.05) is 31.5 Å². The molecule has 0 saturated carbocycles. The van der Waals surface area contributed by atoms with Crippen LogP contribution in [0.5, 0.6) is 0 Å². The van der Waals surface area contributed by atoms with Crippen molar-refractivity contribution in [3.8, 4) is 0 Å². The van der Waals surface area contributed by atoms with Gasteiger partial charge in [0.05, 0.1) is 0 Å². The molecular formula is C12H18N2O2. The first-order chi connectivity index (χ1) is 7.74. The summed E-state index contributed by atoms with van der Waals surface area (Å²) in [4.78, 5) is 10.4. The molecule has 16 heavy (non-hydrogen) atoms. The molecule has 88 valence electrons. The fourth-order valence-electron chi connectivity index (χ4n) is 1.42.